The summed E-state index contributed by atoms with van der Waals surface area (Å²) in [5.41, 5.74) is 2.08. The molecule has 7 rings (SSSR count). The van der Waals surface area contributed by atoms with Crippen molar-refractivity contribution in [1.29, 1.82) is 0 Å². The van der Waals surface area contributed by atoms with Crippen molar-refractivity contribution in [2.75, 3.05) is 41.7 Å². The molecule has 2 aromatic rings. The van der Waals surface area contributed by atoms with Crippen LogP contribution >= 0.6 is 0 Å². The molecule has 1 aliphatic heterocycles. The van der Waals surface area contributed by atoms with Crippen LogP contribution in [0.3, 0.4) is 0 Å². The van der Waals surface area contributed by atoms with Gasteiger partial charge in [0.1, 0.15) is 5.69 Å². The fourth-order valence-corrected chi connectivity index (χ4v) is 9.01. The van der Waals surface area contributed by atoms with Gasteiger partial charge >= 0.3 is 0 Å². The van der Waals surface area contributed by atoms with Gasteiger partial charge < -0.3 is 15.5 Å². The first kappa shape index (κ1) is 26.1. The maximum Gasteiger partial charge on any atom is 0.292 e. The van der Waals surface area contributed by atoms with Crippen molar-refractivity contribution in [3.8, 4) is 0 Å². The van der Waals surface area contributed by atoms with Gasteiger partial charge in [-0.1, -0.05) is 0 Å². The normalized spacial score (nSPS) is 28.3. The van der Waals surface area contributed by atoms with E-state index in [0.717, 1.165) is 17.5 Å². The number of benzene rings is 2. The minimum Gasteiger partial charge on any atom is -0.376 e. The van der Waals surface area contributed by atoms with Crippen molar-refractivity contribution in [2.45, 2.75) is 50.0 Å². The molecule has 11 heteroatoms. The topological polar surface area (TPSA) is 125 Å². The van der Waals surface area contributed by atoms with Crippen LogP contribution in [-0.4, -0.2) is 55.8 Å². The molecule has 208 valence electrons. The Hall–Kier alpha value is -3.18. The van der Waals surface area contributed by atoms with Crippen LogP contribution in [0.5, 0.6) is 0 Å². The lowest BCUT2D eigenvalue weighted by Crippen LogP contribution is -2.51. The number of carbonyl (C=O) groups is 1. The van der Waals surface area contributed by atoms with Gasteiger partial charge in [0.05, 0.1) is 9.82 Å². The molecule has 0 atom stereocenters. The number of amides is 1. The van der Waals surface area contributed by atoms with E-state index in [-0.39, 0.29) is 27.5 Å². The molecule has 1 saturated heterocycles. The summed E-state index contributed by atoms with van der Waals surface area (Å²) in [6.45, 7) is 2.99. The van der Waals surface area contributed by atoms with E-state index in [4.69, 9.17) is 0 Å². The minimum atomic E-state index is -3.68. The van der Waals surface area contributed by atoms with E-state index in [2.05, 4.69) is 15.5 Å². The summed E-state index contributed by atoms with van der Waals surface area (Å²) in [5.74, 6) is 2.62. The number of nitrogens with zero attached hydrogens (tertiary/aromatic N) is 3. The molecule has 4 aliphatic carbocycles. The summed E-state index contributed by atoms with van der Waals surface area (Å²) in [5, 5.41) is 18.1. The highest BCUT2D eigenvalue weighted by molar-refractivity contribution is 7.89. The highest BCUT2D eigenvalue weighted by Crippen LogP contribution is 2.54. The Kier molecular flexibility index (Phi) is 6.74. The minimum absolute atomic E-state index is 0.0940. The van der Waals surface area contributed by atoms with Crippen LogP contribution in [0.25, 0.3) is 0 Å². The second kappa shape index (κ2) is 10.1. The standard InChI is InChI=1S/C28H35N5O5S/c1-18(34)29-23-2-5-25(6-3-23)39(37,38)32-10-8-31(9-11-32)24-4-7-27(33(35)36)26(17-24)30-28-21-13-19-12-20(15-21)16-22(28)14-19/h2-7,17,19-22,28,30H,8-16H2,1H3,(H,29,34). The van der Waals surface area contributed by atoms with E-state index < -0.39 is 10.0 Å². The summed E-state index contributed by atoms with van der Waals surface area (Å²) < 4.78 is 27.9. The second-order valence-electron chi connectivity index (χ2n) is 11.7. The zero-order chi connectivity index (χ0) is 27.3. The number of nitro groups is 1. The fourth-order valence-electron chi connectivity index (χ4n) is 7.59. The van der Waals surface area contributed by atoms with E-state index in [1.165, 1.54) is 55.5 Å². The summed E-state index contributed by atoms with van der Waals surface area (Å²) in [4.78, 5) is 25.1. The summed E-state index contributed by atoms with van der Waals surface area (Å²) >= 11 is 0. The molecule has 0 unspecified atom stereocenters. The van der Waals surface area contributed by atoms with Crippen LogP contribution < -0.4 is 15.5 Å². The number of sulfonamides is 1. The van der Waals surface area contributed by atoms with Crippen LogP contribution in [-0.2, 0) is 14.8 Å². The number of nitrogens with one attached hydrogen (secondary N) is 2. The Morgan fingerprint density at radius 2 is 1.54 bits per heavy atom. The third-order valence-corrected chi connectivity index (χ3v) is 11.1. The van der Waals surface area contributed by atoms with Crippen molar-refractivity contribution in [2.24, 2.45) is 23.7 Å². The summed E-state index contributed by atoms with van der Waals surface area (Å²) in [6.07, 6.45) is 6.27. The van der Waals surface area contributed by atoms with Crippen LogP contribution in [0.2, 0.25) is 0 Å². The molecule has 0 spiro atoms. The summed E-state index contributed by atoms with van der Waals surface area (Å²) in [7, 11) is -3.68. The van der Waals surface area contributed by atoms with Gasteiger partial charge in [-0.3, -0.25) is 14.9 Å². The lowest BCUT2D eigenvalue weighted by atomic mass is 9.54. The first-order valence-electron chi connectivity index (χ1n) is 13.8. The Morgan fingerprint density at radius 1 is 0.923 bits per heavy atom. The van der Waals surface area contributed by atoms with Gasteiger partial charge in [-0.25, -0.2) is 8.42 Å². The number of nitro benzene ring substituents is 1. The third-order valence-electron chi connectivity index (χ3n) is 9.14. The third kappa shape index (κ3) is 5.09. The SMILES string of the molecule is CC(=O)Nc1ccc(S(=O)(=O)N2CCN(c3ccc([N+](=O)[O-])c(NC4C5CC6CC(C5)CC4C6)c3)CC2)cc1. The van der Waals surface area contributed by atoms with Gasteiger partial charge in [-0.2, -0.15) is 4.31 Å². The quantitative estimate of drug-likeness (QED) is 0.387. The molecule has 0 radical (unpaired) electrons. The average molecular weight is 554 g/mol. The lowest BCUT2D eigenvalue weighted by Gasteiger charge is -2.54. The predicted molar refractivity (Wildman–Crippen MR) is 149 cm³/mol. The molecular formula is C28H35N5O5S. The van der Waals surface area contributed by atoms with Gasteiger partial charge in [-0.05, 0) is 92.2 Å². The number of rotatable bonds is 7. The molecule has 39 heavy (non-hydrogen) atoms. The molecule has 0 aromatic heterocycles. The Labute approximate surface area is 228 Å². The fraction of sp³-hybridized carbons (Fsp3) is 0.536. The first-order chi connectivity index (χ1) is 18.7. The van der Waals surface area contributed by atoms with Crippen molar-refractivity contribution < 1.29 is 18.1 Å². The monoisotopic (exact) mass is 553 g/mol. The van der Waals surface area contributed by atoms with E-state index >= 15 is 0 Å². The van der Waals surface area contributed by atoms with E-state index in [1.807, 2.05) is 6.07 Å². The van der Waals surface area contributed by atoms with Crippen LogP contribution in [0, 0.1) is 33.8 Å². The number of carbonyl (C=O) groups excluding carboxylic acids is 1. The number of piperazine rings is 1. The van der Waals surface area contributed by atoms with Gasteiger partial charge in [-0.15, -0.1) is 0 Å². The molecule has 2 N–H and O–H groups in total. The van der Waals surface area contributed by atoms with Gasteiger partial charge in [0.2, 0.25) is 15.9 Å². The first-order valence-corrected chi connectivity index (χ1v) is 15.3. The average Bonchev–Trinajstić information content (AvgIpc) is 2.90. The lowest BCUT2D eigenvalue weighted by molar-refractivity contribution is -0.384. The van der Waals surface area contributed by atoms with E-state index in [9.17, 15) is 23.3 Å². The van der Waals surface area contributed by atoms with Crippen LogP contribution in [0.4, 0.5) is 22.7 Å². The molecular weight excluding hydrogens is 518 g/mol. The Morgan fingerprint density at radius 3 is 2.10 bits per heavy atom. The zero-order valence-electron chi connectivity index (χ0n) is 22.1. The van der Waals surface area contributed by atoms with Crippen molar-refractivity contribution in [3.05, 3.63) is 52.6 Å². The molecule has 5 fully saturated rings. The molecule has 10 nitrogen and oxygen atoms in total. The van der Waals surface area contributed by atoms with Crippen LogP contribution in [0.15, 0.2) is 47.4 Å². The van der Waals surface area contributed by atoms with Crippen molar-refractivity contribution >= 4 is 38.7 Å². The second-order valence-corrected chi connectivity index (χ2v) is 13.6. The van der Waals surface area contributed by atoms with Gasteiger partial charge in [0.15, 0.2) is 0 Å². The summed E-state index contributed by atoms with van der Waals surface area (Å²) in [6, 6.07) is 11.7. The molecule has 5 aliphatic rings. The molecule has 1 heterocycles. The molecule has 1 amide bonds. The highest BCUT2D eigenvalue weighted by atomic mass is 32.2. The maximum absolute atomic E-state index is 13.2. The highest BCUT2D eigenvalue weighted by Gasteiger charge is 2.48. The smallest absolute Gasteiger partial charge is 0.292 e. The number of hydrogen-bond acceptors (Lipinski definition) is 7. The maximum atomic E-state index is 13.2. The van der Waals surface area contributed by atoms with Crippen molar-refractivity contribution in [3.63, 3.8) is 0 Å². The van der Waals surface area contributed by atoms with E-state index in [0.29, 0.717) is 49.4 Å². The number of hydrogen-bond donors (Lipinski definition) is 2. The zero-order valence-corrected chi connectivity index (χ0v) is 22.9. The van der Waals surface area contributed by atoms with Crippen LogP contribution in [0.1, 0.15) is 39.0 Å². The number of anilines is 3. The molecule has 2 aromatic carbocycles. The molecule has 4 bridgehead atoms. The predicted octanol–water partition coefficient (Wildman–Crippen LogP) is 4.30. The Balaban J connectivity index is 1.15. The Bertz CT molecular complexity index is 1340. The van der Waals surface area contributed by atoms with E-state index in [1.54, 1.807) is 24.3 Å². The van der Waals surface area contributed by atoms with Gasteiger partial charge in [0, 0.05) is 56.6 Å². The van der Waals surface area contributed by atoms with Gasteiger partial charge in [0.25, 0.3) is 5.69 Å². The molecule has 4 saturated carbocycles. The largest absolute Gasteiger partial charge is 0.376 e. The van der Waals surface area contributed by atoms with Crippen molar-refractivity contribution in [1.82, 2.24) is 4.31 Å².